The lowest BCUT2D eigenvalue weighted by Crippen LogP contribution is -2.40. The van der Waals surface area contributed by atoms with Gasteiger partial charge >= 0.3 is 0 Å². The molecule has 1 fully saturated rings. The quantitative estimate of drug-likeness (QED) is 0.219. The number of anilines is 1. The molecule has 1 aliphatic rings. The summed E-state index contributed by atoms with van der Waals surface area (Å²) >= 11 is 0. The third-order valence-corrected chi connectivity index (χ3v) is 5.27. The van der Waals surface area contributed by atoms with Gasteiger partial charge in [0.15, 0.2) is 5.96 Å². The maximum atomic E-state index is 5.73. The van der Waals surface area contributed by atoms with Gasteiger partial charge in [-0.25, -0.2) is 0 Å². The Kier molecular flexibility index (Phi) is 10.5. The fourth-order valence-corrected chi connectivity index (χ4v) is 3.69. The Hall–Kier alpha value is -2.42. The molecule has 1 heterocycles. The van der Waals surface area contributed by atoms with Gasteiger partial charge in [-0.3, -0.25) is 4.99 Å². The first-order valence-electron chi connectivity index (χ1n) is 10.4. The van der Waals surface area contributed by atoms with Crippen LogP contribution in [0.5, 0.6) is 11.5 Å². The Morgan fingerprint density at radius 2 is 1.90 bits per heavy atom. The minimum absolute atomic E-state index is 0. The Labute approximate surface area is 202 Å². The average molecular weight is 536 g/mol. The van der Waals surface area contributed by atoms with Gasteiger partial charge in [0.25, 0.3) is 0 Å². The number of nitrogens with zero attached hydrogens (tertiary/aromatic N) is 2. The van der Waals surface area contributed by atoms with Crippen LogP contribution in [-0.2, 0) is 6.54 Å². The maximum absolute atomic E-state index is 5.73. The van der Waals surface area contributed by atoms with E-state index in [9.17, 15) is 0 Å². The molecule has 0 radical (unpaired) electrons. The minimum atomic E-state index is 0. The van der Waals surface area contributed by atoms with Crippen LogP contribution >= 0.6 is 24.0 Å². The van der Waals surface area contributed by atoms with Crippen LogP contribution in [0.3, 0.4) is 0 Å². The van der Waals surface area contributed by atoms with E-state index in [-0.39, 0.29) is 24.0 Å². The molecule has 0 aromatic heterocycles. The SMILES string of the molecule is C=CCOc1ccccc1CNC(=NC)NCC1CCN(c2ccccc2OC)C1.I. The number of rotatable bonds is 9. The van der Waals surface area contributed by atoms with Crippen LogP contribution in [-0.4, -0.2) is 46.4 Å². The zero-order valence-electron chi connectivity index (χ0n) is 18.3. The number of para-hydroxylation sites is 3. The lowest BCUT2D eigenvalue weighted by molar-refractivity contribution is 0.358. The molecule has 1 saturated heterocycles. The number of halogens is 1. The highest BCUT2D eigenvalue weighted by Gasteiger charge is 2.24. The normalized spacial score (nSPS) is 15.7. The number of guanidine groups is 1. The van der Waals surface area contributed by atoms with E-state index in [1.165, 1.54) is 5.69 Å². The molecule has 3 rings (SSSR count). The zero-order valence-corrected chi connectivity index (χ0v) is 20.7. The third-order valence-electron chi connectivity index (χ3n) is 5.27. The molecule has 0 saturated carbocycles. The molecule has 1 atom stereocenters. The summed E-state index contributed by atoms with van der Waals surface area (Å²) in [5.41, 5.74) is 2.26. The van der Waals surface area contributed by atoms with Crippen molar-refractivity contribution in [2.24, 2.45) is 10.9 Å². The molecule has 0 bridgehead atoms. The van der Waals surface area contributed by atoms with Crippen molar-refractivity contribution in [1.82, 2.24) is 10.6 Å². The molecule has 6 nitrogen and oxygen atoms in total. The van der Waals surface area contributed by atoms with E-state index in [0.29, 0.717) is 19.1 Å². The number of hydrogen-bond donors (Lipinski definition) is 2. The second-order valence-electron chi connectivity index (χ2n) is 7.29. The molecule has 2 N–H and O–H groups in total. The largest absolute Gasteiger partial charge is 0.495 e. The molecule has 31 heavy (non-hydrogen) atoms. The lowest BCUT2D eigenvalue weighted by atomic mass is 10.1. The van der Waals surface area contributed by atoms with E-state index in [4.69, 9.17) is 9.47 Å². The van der Waals surface area contributed by atoms with E-state index in [0.717, 1.165) is 49.1 Å². The van der Waals surface area contributed by atoms with Gasteiger partial charge in [0.05, 0.1) is 12.8 Å². The van der Waals surface area contributed by atoms with Gasteiger partial charge in [0.1, 0.15) is 18.1 Å². The molecule has 0 amide bonds. The summed E-state index contributed by atoms with van der Waals surface area (Å²) in [6, 6.07) is 16.2. The minimum Gasteiger partial charge on any atom is -0.495 e. The van der Waals surface area contributed by atoms with Crippen molar-refractivity contribution in [3.05, 3.63) is 66.7 Å². The van der Waals surface area contributed by atoms with E-state index in [2.05, 4.69) is 45.3 Å². The average Bonchev–Trinajstić information content (AvgIpc) is 3.27. The van der Waals surface area contributed by atoms with Crippen LogP contribution in [0.15, 0.2) is 66.2 Å². The first-order valence-corrected chi connectivity index (χ1v) is 10.4. The number of ether oxygens (including phenoxy) is 2. The van der Waals surface area contributed by atoms with E-state index < -0.39 is 0 Å². The summed E-state index contributed by atoms with van der Waals surface area (Å²) in [5, 5.41) is 6.86. The highest BCUT2D eigenvalue weighted by Crippen LogP contribution is 2.31. The fraction of sp³-hybridized carbons (Fsp3) is 0.375. The lowest BCUT2D eigenvalue weighted by Gasteiger charge is -2.21. The monoisotopic (exact) mass is 536 g/mol. The number of hydrogen-bond acceptors (Lipinski definition) is 4. The van der Waals surface area contributed by atoms with Crippen LogP contribution in [0, 0.1) is 5.92 Å². The number of nitrogens with one attached hydrogen (secondary N) is 2. The Bertz CT molecular complexity index is 859. The van der Waals surface area contributed by atoms with E-state index in [1.807, 2.05) is 30.3 Å². The Morgan fingerprint density at radius 3 is 2.65 bits per heavy atom. The molecular formula is C24H33IN4O2. The van der Waals surface area contributed by atoms with Crippen molar-refractivity contribution in [3.63, 3.8) is 0 Å². The first-order chi connectivity index (χ1) is 14.7. The van der Waals surface area contributed by atoms with Gasteiger partial charge in [-0.2, -0.15) is 0 Å². The second-order valence-corrected chi connectivity index (χ2v) is 7.29. The maximum Gasteiger partial charge on any atom is 0.191 e. The van der Waals surface area contributed by atoms with Crippen LogP contribution in [0.2, 0.25) is 0 Å². The zero-order chi connectivity index (χ0) is 21.2. The second kappa shape index (κ2) is 13.1. The molecule has 168 valence electrons. The molecule has 2 aromatic rings. The molecule has 7 heteroatoms. The molecule has 1 aliphatic heterocycles. The van der Waals surface area contributed by atoms with Gasteiger partial charge in [-0.05, 0) is 30.5 Å². The third kappa shape index (κ3) is 7.05. The first kappa shape index (κ1) is 24.8. The number of methoxy groups -OCH3 is 1. The van der Waals surface area contributed by atoms with E-state index >= 15 is 0 Å². The summed E-state index contributed by atoms with van der Waals surface area (Å²) in [7, 11) is 3.52. The summed E-state index contributed by atoms with van der Waals surface area (Å²) in [4.78, 5) is 6.76. The smallest absolute Gasteiger partial charge is 0.191 e. The molecular weight excluding hydrogens is 503 g/mol. The van der Waals surface area contributed by atoms with E-state index in [1.54, 1.807) is 20.2 Å². The molecule has 1 unspecified atom stereocenters. The Balaban J connectivity index is 0.00000341. The van der Waals surface area contributed by atoms with Crippen LogP contribution in [0.1, 0.15) is 12.0 Å². The van der Waals surface area contributed by atoms with Crippen LogP contribution in [0.25, 0.3) is 0 Å². The van der Waals surface area contributed by atoms with Gasteiger partial charge in [-0.1, -0.05) is 43.0 Å². The van der Waals surface area contributed by atoms with Crippen molar-refractivity contribution >= 4 is 35.6 Å². The summed E-state index contributed by atoms with van der Waals surface area (Å²) < 4.78 is 11.2. The van der Waals surface area contributed by atoms with Crippen molar-refractivity contribution in [3.8, 4) is 11.5 Å². The van der Waals surface area contributed by atoms with Gasteiger partial charge in [-0.15, -0.1) is 24.0 Å². The van der Waals surface area contributed by atoms with Crippen LogP contribution < -0.4 is 25.0 Å². The predicted octanol–water partition coefficient (Wildman–Crippen LogP) is 4.07. The molecule has 0 aliphatic carbocycles. The fourth-order valence-electron chi connectivity index (χ4n) is 3.69. The van der Waals surface area contributed by atoms with Gasteiger partial charge in [0, 0.05) is 38.8 Å². The summed E-state index contributed by atoms with van der Waals surface area (Å²) in [6.45, 7) is 7.76. The summed E-state index contributed by atoms with van der Waals surface area (Å²) in [6.07, 6.45) is 2.89. The predicted molar refractivity (Wildman–Crippen MR) is 139 cm³/mol. The molecule has 0 spiro atoms. The van der Waals surface area contributed by atoms with Crippen molar-refractivity contribution in [2.75, 3.05) is 45.3 Å². The highest BCUT2D eigenvalue weighted by molar-refractivity contribution is 14.0. The number of benzene rings is 2. The molecule has 2 aromatic carbocycles. The van der Waals surface area contributed by atoms with Crippen LogP contribution in [0.4, 0.5) is 5.69 Å². The number of aliphatic imine (C=N–C) groups is 1. The van der Waals surface area contributed by atoms with Gasteiger partial charge < -0.3 is 25.0 Å². The Morgan fingerprint density at radius 1 is 1.16 bits per heavy atom. The topological polar surface area (TPSA) is 58.1 Å². The highest BCUT2D eigenvalue weighted by atomic mass is 127. The van der Waals surface area contributed by atoms with Crippen molar-refractivity contribution < 1.29 is 9.47 Å². The standard InChI is InChI=1S/C24H32N4O2.HI/c1-4-15-30-22-11-7-5-9-20(22)17-27-24(25-2)26-16-19-13-14-28(18-19)21-10-6-8-12-23(21)29-3;/h4-12,19H,1,13-18H2,2-3H3,(H2,25,26,27);1H. The van der Waals surface area contributed by atoms with Crippen molar-refractivity contribution in [2.45, 2.75) is 13.0 Å². The van der Waals surface area contributed by atoms with Crippen molar-refractivity contribution in [1.29, 1.82) is 0 Å². The van der Waals surface area contributed by atoms with Gasteiger partial charge in [0.2, 0.25) is 0 Å². The summed E-state index contributed by atoms with van der Waals surface area (Å²) in [5.74, 6) is 3.14.